The van der Waals surface area contributed by atoms with Crippen molar-refractivity contribution in [2.45, 2.75) is 4.90 Å². The molecule has 0 aliphatic carbocycles. The summed E-state index contributed by atoms with van der Waals surface area (Å²) in [5.74, 6) is 0. The molecule has 0 saturated heterocycles. The second-order valence-corrected chi connectivity index (χ2v) is 5.36. The largest absolute Gasteiger partial charge is 0.355 e. The van der Waals surface area contributed by atoms with Crippen LogP contribution in [0.5, 0.6) is 0 Å². The van der Waals surface area contributed by atoms with Gasteiger partial charge < -0.3 is 5.32 Å². The summed E-state index contributed by atoms with van der Waals surface area (Å²) in [6, 6.07) is 14.0. The number of thioether (sulfide) groups is 1. The van der Waals surface area contributed by atoms with Crippen LogP contribution in [0.3, 0.4) is 0 Å². The Hall–Kier alpha value is -0.865. The third-order valence-electron chi connectivity index (χ3n) is 2.35. The van der Waals surface area contributed by atoms with E-state index in [2.05, 4.69) is 21.2 Å². The molecular formula is C13H11BBrNS. The van der Waals surface area contributed by atoms with Gasteiger partial charge in [0, 0.05) is 15.1 Å². The van der Waals surface area contributed by atoms with Gasteiger partial charge in [-0.1, -0.05) is 33.5 Å². The first kappa shape index (κ1) is 12.6. The van der Waals surface area contributed by atoms with Gasteiger partial charge in [0.2, 0.25) is 0 Å². The van der Waals surface area contributed by atoms with E-state index in [1.165, 1.54) is 0 Å². The average molecular weight is 304 g/mol. The lowest BCUT2D eigenvalue weighted by Crippen LogP contribution is -2.03. The van der Waals surface area contributed by atoms with Crippen molar-refractivity contribution >= 4 is 52.4 Å². The van der Waals surface area contributed by atoms with Crippen LogP contribution in [0.4, 0.5) is 11.4 Å². The predicted molar refractivity (Wildman–Crippen MR) is 81.0 cm³/mol. The van der Waals surface area contributed by atoms with E-state index < -0.39 is 0 Å². The van der Waals surface area contributed by atoms with E-state index in [-0.39, 0.29) is 0 Å². The lowest BCUT2D eigenvalue weighted by molar-refractivity contribution is 1.43. The summed E-state index contributed by atoms with van der Waals surface area (Å²) in [4.78, 5) is 1.15. The Kier molecular flexibility index (Phi) is 4.18. The molecule has 0 aliphatic heterocycles. The van der Waals surface area contributed by atoms with Crippen molar-refractivity contribution < 1.29 is 0 Å². The molecule has 2 aromatic carbocycles. The first-order valence-electron chi connectivity index (χ1n) is 5.15. The predicted octanol–water partition coefficient (Wildman–Crippen LogP) is 3.71. The SMILES string of the molecule is [B]c1ccc(Nc2ccc(Br)cc2)c(SC)c1. The zero-order chi connectivity index (χ0) is 12.3. The van der Waals surface area contributed by atoms with Crippen LogP contribution in [0.25, 0.3) is 0 Å². The van der Waals surface area contributed by atoms with Crippen LogP contribution >= 0.6 is 27.7 Å². The highest BCUT2D eigenvalue weighted by atomic mass is 79.9. The number of halogens is 1. The number of nitrogens with one attached hydrogen (secondary N) is 1. The molecule has 0 fully saturated rings. The van der Waals surface area contributed by atoms with Gasteiger partial charge in [0.1, 0.15) is 7.85 Å². The minimum absolute atomic E-state index is 0.788. The summed E-state index contributed by atoms with van der Waals surface area (Å²) >= 11 is 5.10. The number of hydrogen-bond acceptors (Lipinski definition) is 2. The smallest absolute Gasteiger partial charge is 0.113 e. The van der Waals surface area contributed by atoms with Crippen LogP contribution in [-0.2, 0) is 0 Å². The summed E-state index contributed by atoms with van der Waals surface area (Å²) in [6.45, 7) is 0. The summed E-state index contributed by atoms with van der Waals surface area (Å²) in [5.41, 5.74) is 2.93. The highest BCUT2D eigenvalue weighted by molar-refractivity contribution is 9.10. The second kappa shape index (κ2) is 5.65. The van der Waals surface area contributed by atoms with E-state index in [4.69, 9.17) is 7.85 Å². The molecule has 0 bridgehead atoms. The lowest BCUT2D eigenvalue weighted by Gasteiger charge is -2.11. The quantitative estimate of drug-likeness (QED) is 0.685. The molecule has 1 N–H and O–H groups in total. The molecule has 2 aromatic rings. The number of hydrogen-bond donors (Lipinski definition) is 1. The Morgan fingerprint density at radius 1 is 1.12 bits per heavy atom. The van der Waals surface area contributed by atoms with Crippen molar-refractivity contribution in [2.24, 2.45) is 0 Å². The first-order valence-corrected chi connectivity index (χ1v) is 7.17. The maximum absolute atomic E-state index is 5.77. The Morgan fingerprint density at radius 2 is 1.82 bits per heavy atom. The third-order valence-corrected chi connectivity index (χ3v) is 3.66. The van der Waals surface area contributed by atoms with E-state index in [1.807, 2.05) is 48.7 Å². The molecule has 0 aliphatic rings. The van der Waals surface area contributed by atoms with Gasteiger partial charge in [-0.15, -0.1) is 11.8 Å². The topological polar surface area (TPSA) is 12.0 Å². The second-order valence-electron chi connectivity index (χ2n) is 3.59. The van der Waals surface area contributed by atoms with Crippen LogP contribution < -0.4 is 10.8 Å². The normalized spacial score (nSPS) is 10.2. The van der Waals surface area contributed by atoms with Crippen molar-refractivity contribution in [3.63, 3.8) is 0 Å². The molecule has 4 heteroatoms. The standard InChI is InChI=1S/C13H11BBrNS/c1-17-13-8-9(14)2-7-12(13)16-11-5-3-10(15)4-6-11/h2-8,16H,1H3. The zero-order valence-electron chi connectivity index (χ0n) is 9.41. The number of benzene rings is 2. The Bertz CT molecular complexity index is 513. The molecule has 0 saturated carbocycles. The van der Waals surface area contributed by atoms with Crippen LogP contribution in [0.2, 0.25) is 0 Å². The number of rotatable bonds is 3. The van der Waals surface area contributed by atoms with Gasteiger partial charge in [0.25, 0.3) is 0 Å². The van der Waals surface area contributed by atoms with Gasteiger partial charge in [-0.05, 0) is 36.6 Å². The molecule has 84 valence electrons. The maximum atomic E-state index is 5.77. The molecule has 0 amide bonds. The highest BCUT2D eigenvalue weighted by Gasteiger charge is 2.02. The van der Waals surface area contributed by atoms with Gasteiger partial charge in [-0.3, -0.25) is 0 Å². The molecule has 1 nitrogen and oxygen atoms in total. The molecule has 17 heavy (non-hydrogen) atoms. The zero-order valence-corrected chi connectivity index (χ0v) is 11.8. The van der Waals surface area contributed by atoms with E-state index in [1.54, 1.807) is 11.8 Å². The van der Waals surface area contributed by atoms with Gasteiger partial charge in [0.15, 0.2) is 0 Å². The van der Waals surface area contributed by atoms with Crippen molar-refractivity contribution in [1.29, 1.82) is 0 Å². The minimum atomic E-state index is 0.788. The molecular weight excluding hydrogens is 293 g/mol. The van der Waals surface area contributed by atoms with E-state index in [0.29, 0.717) is 0 Å². The highest BCUT2D eigenvalue weighted by Crippen LogP contribution is 2.27. The first-order chi connectivity index (χ1) is 8.19. The monoisotopic (exact) mass is 303 g/mol. The molecule has 0 aromatic heterocycles. The molecule has 2 radical (unpaired) electrons. The fourth-order valence-electron chi connectivity index (χ4n) is 1.50. The van der Waals surface area contributed by atoms with E-state index in [0.717, 1.165) is 26.2 Å². The molecule has 0 heterocycles. The van der Waals surface area contributed by atoms with Crippen molar-refractivity contribution in [2.75, 3.05) is 11.6 Å². The Morgan fingerprint density at radius 3 is 2.47 bits per heavy atom. The van der Waals surface area contributed by atoms with Crippen LogP contribution in [-0.4, -0.2) is 14.1 Å². The Balaban J connectivity index is 2.26. The van der Waals surface area contributed by atoms with Crippen molar-refractivity contribution in [1.82, 2.24) is 0 Å². The molecule has 0 unspecified atom stereocenters. The lowest BCUT2D eigenvalue weighted by atomic mass is 9.96. The van der Waals surface area contributed by atoms with Crippen molar-refractivity contribution in [3.05, 3.63) is 46.9 Å². The van der Waals surface area contributed by atoms with E-state index >= 15 is 0 Å². The maximum Gasteiger partial charge on any atom is 0.113 e. The van der Waals surface area contributed by atoms with Gasteiger partial charge in [0.05, 0.1) is 5.69 Å². The van der Waals surface area contributed by atoms with Gasteiger partial charge in [-0.2, -0.15) is 0 Å². The third kappa shape index (κ3) is 3.30. The van der Waals surface area contributed by atoms with Crippen LogP contribution in [0.15, 0.2) is 51.8 Å². The Labute approximate surface area is 116 Å². The van der Waals surface area contributed by atoms with Crippen LogP contribution in [0, 0.1) is 0 Å². The molecule has 0 spiro atoms. The fraction of sp³-hybridized carbons (Fsp3) is 0.0769. The summed E-state index contributed by atoms with van der Waals surface area (Å²) < 4.78 is 1.07. The van der Waals surface area contributed by atoms with Gasteiger partial charge in [-0.25, -0.2) is 0 Å². The molecule has 0 atom stereocenters. The van der Waals surface area contributed by atoms with Crippen LogP contribution in [0.1, 0.15) is 0 Å². The van der Waals surface area contributed by atoms with Gasteiger partial charge >= 0.3 is 0 Å². The summed E-state index contributed by atoms with van der Waals surface area (Å²) in [5, 5.41) is 3.38. The summed E-state index contributed by atoms with van der Waals surface area (Å²) in [7, 11) is 5.77. The van der Waals surface area contributed by atoms with Crippen molar-refractivity contribution in [3.8, 4) is 0 Å². The minimum Gasteiger partial charge on any atom is -0.355 e. The summed E-state index contributed by atoms with van der Waals surface area (Å²) in [6.07, 6.45) is 2.04. The molecule has 2 rings (SSSR count). The fourth-order valence-corrected chi connectivity index (χ4v) is 2.36. The van der Waals surface area contributed by atoms with E-state index in [9.17, 15) is 0 Å². The number of anilines is 2. The average Bonchev–Trinajstić information content (AvgIpc) is 2.34.